The summed E-state index contributed by atoms with van der Waals surface area (Å²) in [5, 5.41) is 10.6. The zero-order valence-corrected chi connectivity index (χ0v) is 30.4. The van der Waals surface area contributed by atoms with Crippen molar-refractivity contribution in [3.05, 3.63) is 82.2 Å². The molecule has 2 aliphatic heterocycles. The average molecular weight is 759 g/mol. The number of aromatic nitrogens is 5. The summed E-state index contributed by atoms with van der Waals surface area (Å²) in [5.74, 6) is -0.439. The van der Waals surface area contributed by atoms with Gasteiger partial charge in [0.1, 0.15) is 23.2 Å². The number of methoxy groups -OCH3 is 1. The Morgan fingerprint density at radius 1 is 1.02 bits per heavy atom. The molecule has 2 N–H and O–H groups in total. The molecular weight excluding hydrogens is 717 g/mol. The van der Waals surface area contributed by atoms with E-state index in [1.807, 2.05) is 23.0 Å². The molecule has 3 fully saturated rings. The van der Waals surface area contributed by atoms with E-state index >= 15 is 0 Å². The second-order valence-electron chi connectivity index (χ2n) is 14.9. The fourth-order valence-corrected chi connectivity index (χ4v) is 8.67. The van der Waals surface area contributed by atoms with Gasteiger partial charge in [0.2, 0.25) is 11.8 Å². The Morgan fingerprint density at radius 2 is 1.80 bits per heavy atom. The van der Waals surface area contributed by atoms with Gasteiger partial charge >= 0.3 is 11.9 Å². The van der Waals surface area contributed by atoms with Gasteiger partial charge in [-0.2, -0.15) is 18.3 Å². The largest absolute Gasteiger partial charge is 0.494 e. The molecule has 1 unspecified atom stereocenters. The van der Waals surface area contributed by atoms with E-state index in [9.17, 15) is 32.3 Å². The van der Waals surface area contributed by atoms with Crippen molar-refractivity contribution in [2.24, 2.45) is 13.0 Å². The van der Waals surface area contributed by atoms with Crippen LogP contribution in [-0.4, -0.2) is 73.3 Å². The number of piperidine rings is 1. The molecule has 16 heteroatoms. The van der Waals surface area contributed by atoms with Gasteiger partial charge in [-0.15, -0.1) is 0 Å². The number of imide groups is 1. The number of carbonyl (C=O) groups excluding carboxylic acids is 3. The predicted octanol–water partition coefficient (Wildman–Crippen LogP) is 5.56. The number of aryl methyl sites for hydroxylation is 1. The smallest absolute Gasteiger partial charge is 0.433 e. The molecule has 1 saturated carbocycles. The van der Waals surface area contributed by atoms with E-state index in [1.54, 1.807) is 28.3 Å². The molecule has 3 aromatic heterocycles. The van der Waals surface area contributed by atoms with Gasteiger partial charge in [-0.25, -0.2) is 9.78 Å². The molecule has 0 bridgehead atoms. The minimum Gasteiger partial charge on any atom is -0.494 e. The second-order valence-corrected chi connectivity index (χ2v) is 14.9. The third kappa shape index (κ3) is 6.99. The topological polar surface area (TPSA) is 145 Å². The summed E-state index contributed by atoms with van der Waals surface area (Å²) >= 11 is 0. The maximum atomic E-state index is 13.4. The molecule has 3 aliphatic rings. The Bertz CT molecular complexity index is 2370. The number of alkyl halides is 3. The highest BCUT2D eigenvalue weighted by Gasteiger charge is 2.35. The van der Waals surface area contributed by atoms with Crippen molar-refractivity contribution in [2.45, 2.75) is 69.1 Å². The number of fused-ring (bicyclic) bond motifs is 2. The molecule has 1 aliphatic carbocycles. The molecule has 5 aromatic rings. The number of anilines is 1. The number of imidazole rings is 1. The Hall–Kier alpha value is -5.51. The van der Waals surface area contributed by atoms with Crippen LogP contribution >= 0.6 is 0 Å². The van der Waals surface area contributed by atoms with E-state index in [4.69, 9.17) is 9.84 Å². The number of nitrogens with one attached hydrogen (secondary N) is 2. The van der Waals surface area contributed by atoms with Crippen molar-refractivity contribution in [1.82, 2.24) is 34.1 Å². The first kappa shape index (κ1) is 36.5. The van der Waals surface area contributed by atoms with Gasteiger partial charge in [0.25, 0.3) is 5.91 Å². The van der Waals surface area contributed by atoms with Crippen LogP contribution in [0.5, 0.6) is 5.75 Å². The van der Waals surface area contributed by atoms with E-state index in [-0.39, 0.29) is 35.7 Å². The molecule has 0 radical (unpaired) electrons. The summed E-state index contributed by atoms with van der Waals surface area (Å²) in [7, 11) is 3.20. The molecule has 13 nitrogen and oxygen atoms in total. The summed E-state index contributed by atoms with van der Waals surface area (Å²) in [6, 6.07) is 12.0. The normalized spacial score (nSPS) is 22.3. The number of hydrogen-bond donors (Lipinski definition) is 2. The highest BCUT2D eigenvalue weighted by Crippen LogP contribution is 2.38. The molecule has 2 saturated heterocycles. The average Bonchev–Trinajstić information content (AvgIpc) is 3.87. The highest BCUT2D eigenvalue weighted by atomic mass is 19.4. The lowest BCUT2D eigenvalue weighted by Gasteiger charge is -2.31. The van der Waals surface area contributed by atoms with Crippen molar-refractivity contribution in [1.29, 1.82) is 0 Å². The molecule has 3 amide bonds. The number of rotatable bonds is 8. The van der Waals surface area contributed by atoms with E-state index in [1.165, 1.54) is 13.2 Å². The molecular formula is C39H41F3N8O5. The molecule has 55 heavy (non-hydrogen) atoms. The Labute approximate surface area is 313 Å². The van der Waals surface area contributed by atoms with Gasteiger partial charge in [0.15, 0.2) is 0 Å². The highest BCUT2D eigenvalue weighted by molar-refractivity contribution is 6.05. The fraction of sp³-hybridized carbons (Fsp3) is 0.436. The standard InChI is InChI=1S/C39H41F3N8O5/c1-47-35-26(5-3-7-30(35)50(38(47)54)31-13-14-34(51)45-37(31)53)23-15-16-48(20-23)19-22-9-11-25(12-10-22)49-21-24-17-29(32(55-2)18-28(24)46-49)44-36(52)27-6-4-8-33(43-27)39(40,41)42/h3-8,17-18,21-23,25,31H,9-16,19-20H2,1-2H3,(H,44,52)(H,45,51,53)/t22?,23-,25?,31?/m1/s1. The predicted molar refractivity (Wildman–Crippen MR) is 197 cm³/mol. The van der Waals surface area contributed by atoms with E-state index in [2.05, 4.69) is 26.6 Å². The first-order valence-electron chi connectivity index (χ1n) is 18.6. The number of para-hydroxylation sites is 1. The lowest BCUT2D eigenvalue weighted by Crippen LogP contribution is -2.44. The molecule has 0 spiro atoms. The minimum absolute atomic E-state index is 0.195. The summed E-state index contributed by atoms with van der Waals surface area (Å²) < 4.78 is 50.2. The lowest BCUT2D eigenvalue weighted by atomic mass is 9.85. The van der Waals surface area contributed by atoms with Gasteiger partial charge in [-0.3, -0.25) is 33.5 Å². The monoisotopic (exact) mass is 758 g/mol. The van der Waals surface area contributed by atoms with Gasteiger partial charge in [-0.05, 0) is 86.7 Å². The number of likely N-dealkylation sites (tertiary alicyclic amines) is 1. The number of ether oxygens (including phenoxy) is 1. The van der Waals surface area contributed by atoms with E-state index in [0.717, 1.165) is 85.9 Å². The van der Waals surface area contributed by atoms with Crippen LogP contribution in [0.1, 0.15) is 84.7 Å². The van der Waals surface area contributed by atoms with Crippen molar-refractivity contribution >= 4 is 45.3 Å². The van der Waals surface area contributed by atoms with Crippen LogP contribution in [-0.2, 0) is 22.8 Å². The van der Waals surface area contributed by atoms with Crippen LogP contribution in [0.15, 0.2) is 59.5 Å². The van der Waals surface area contributed by atoms with Gasteiger partial charge < -0.3 is 15.0 Å². The van der Waals surface area contributed by atoms with Gasteiger partial charge in [-0.1, -0.05) is 18.2 Å². The van der Waals surface area contributed by atoms with Crippen molar-refractivity contribution in [3.63, 3.8) is 0 Å². The van der Waals surface area contributed by atoms with Crippen LogP contribution in [0.4, 0.5) is 18.9 Å². The lowest BCUT2D eigenvalue weighted by molar-refractivity contribution is -0.141. The molecule has 2 atom stereocenters. The summed E-state index contributed by atoms with van der Waals surface area (Å²) in [5.41, 5.74) is 1.88. The SMILES string of the molecule is COc1cc2nn(C3CCC(CN4CC[C@@H](c5cccc6c5n(C)c(=O)n6C5CCC(=O)NC5=O)C4)CC3)cc2cc1NC(=O)c1cccc(C(F)(F)F)n1. The first-order valence-corrected chi connectivity index (χ1v) is 18.6. The van der Waals surface area contributed by atoms with Crippen LogP contribution in [0.25, 0.3) is 21.9 Å². The number of halogens is 3. The maximum absolute atomic E-state index is 13.4. The van der Waals surface area contributed by atoms with Crippen molar-refractivity contribution in [3.8, 4) is 5.75 Å². The number of carbonyl (C=O) groups is 3. The van der Waals surface area contributed by atoms with Crippen LogP contribution < -0.4 is 21.1 Å². The summed E-state index contributed by atoms with van der Waals surface area (Å²) in [6.45, 7) is 2.82. The van der Waals surface area contributed by atoms with E-state index < -0.39 is 29.7 Å². The second kappa shape index (κ2) is 14.3. The number of hydrogen-bond acceptors (Lipinski definition) is 8. The van der Waals surface area contributed by atoms with Gasteiger partial charge in [0.05, 0.1) is 35.4 Å². The third-order valence-electron chi connectivity index (χ3n) is 11.4. The number of nitrogens with zero attached hydrogens (tertiary/aromatic N) is 6. The summed E-state index contributed by atoms with van der Waals surface area (Å²) in [6.07, 6.45) is 2.70. The van der Waals surface area contributed by atoms with Crippen molar-refractivity contribution in [2.75, 3.05) is 32.1 Å². The molecule has 288 valence electrons. The Morgan fingerprint density at radius 3 is 2.55 bits per heavy atom. The van der Waals surface area contributed by atoms with Crippen LogP contribution in [0.3, 0.4) is 0 Å². The zero-order valence-electron chi connectivity index (χ0n) is 30.4. The number of amides is 3. The molecule has 8 rings (SSSR count). The maximum Gasteiger partial charge on any atom is 0.433 e. The number of pyridine rings is 1. The third-order valence-corrected chi connectivity index (χ3v) is 11.4. The summed E-state index contributed by atoms with van der Waals surface area (Å²) in [4.78, 5) is 56.8. The first-order chi connectivity index (χ1) is 26.4. The number of benzene rings is 2. The van der Waals surface area contributed by atoms with Crippen molar-refractivity contribution < 1.29 is 32.3 Å². The van der Waals surface area contributed by atoms with Gasteiger partial charge in [0, 0.05) is 44.2 Å². The van der Waals surface area contributed by atoms with E-state index in [0.29, 0.717) is 29.3 Å². The Kier molecular flexibility index (Phi) is 9.47. The van der Waals surface area contributed by atoms with Crippen LogP contribution in [0, 0.1) is 5.92 Å². The molecule has 5 heterocycles. The fourth-order valence-electron chi connectivity index (χ4n) is 8.67. The van der Waals surface area contributed by atoms with Crippen LogP contribution in [0.2, 0.25) is 0 Å². The Balaban J connectivity index is 0.903. The minimum atomic E-state index is -4.67. The zero-order chi connectivity index (χ0) is 38.6. The molecule has 2 aromatic carbocycles. The quantitative estimate of drug-likeness (QED) is 0.196.